The summed E-state index contributed by atoms with van der Waals surface area (Å²) < 4.78 is 7.17. The maximum Gasteiger partial charge on any atom is 0.128 e. The Bertz CT molecular complexity index is 697. The Morgan fingerprint density at radius 2 is 2.19 bits per heavy atom. The molecule has 0 fully saturated rings. The third-order valence-corrected chi connectivity index (χ3v) is 3.55. The number of ether oxygens (including phenoxy) is 1. The van der Waals surface area contributed by atoms with Crippen molar-refractivity contribution in [2.75, 3.05) is 18.7 Å². The van der Waals surface area contributed by atoms with Gasteiger partial charge in [0.15, 0.2) is 0 Å². The molecular formula is C14H16ClN5O. The molecule has 0 aliphatic carbocycles. The molecule has 2 aromatic rings. The van der Waals surface area contributed by atoms with E-state index in [4.69, 9.17) is 22.2 Å². The fourth-order valence-electron chi connectivity index (χ4n) is 2.37. The summed E-state index contributed by atoms with van der Waals surface area (Å²) in [6.07, 6.45) is 5.71. The van der Waals surface area contributed by atoms with Crippen LogP contribution in [0.2, 0.25) is 5.02 Å². The Hall–Kier alpha value is -2.18. The lowest BCUT2D eigenvalue weighted by Gasteiger charge is -2.26. The molecule has 2 N–H and O–H groups in total. The molecule has 6 nitrogen and oxygen atoms in total. The van der Waals surface area contributed by atoms with E-state index in [0.29, 0.717) is 11.6 Å². The van der Waals surface area contributed by atoms with E-state index in [9.17, 15) is 0 Å². The topological polar surface area (TPSA) is 59.5 Å². The molecule has 0 saturated carbocycles. The standard InChI is InChI=1S/C14H16ClN5O/c1-18-9-12(19-6-3-7-20(19)16)14(17-18)11-8-10(15)4-5-13(11)21-2/h3-5,7-9H,6,16H2,1-2H3. The highest BCUT2D eigenvalue weighted by Gasteiger charge is 2.23. The number of anilines is 1. The number of nitrogens with zero attached hydrogens (tertiary/aromatic N) is 4. The second kappa shape index (κ2) is 5.31. The quantitative estimate of drug-likeness (QED) is 0.881. The number of hydrogen-bond acceptors (Lipinski definition) is 5. The molecular weight excluding hydrogens is 290 g/mol. The average molecular weight is 306 g/mol. The van der Waals surface area contributed by atoms with E-state index >= 15 is 0 Å². The molecule has 0 spiro atoms. The summed E-state index contributed by atoms with van der Waals surface area (Å²) in [6.45, 7) is 0.693. The molecule has 0 saturated heterocycles. The Morgan fingerprint density at radius 3 is 2.86 bits per heavy atom. The molecule has 1 aromatic heterocycles. The fraction of sp³-hybridized carbons (Fsp3) is 0.214. The normalized spacial score (nSPS) is 14.1. The minimum absolute atomic E-state index is 0.631. The van der Waals surface area contributed by atoms with Gasteiger partial charge < -0.3 is 4.74 Å². The molecule has 0 atom stereocenters. The number of benzene rings is 1. The summed E-state index contributed by atoms with van der Waals surface area (Å²) in [5, 5.41) is 8.63. The number of aromatic nitrogens is 2. The van der Waals surface area contributed by atoms with Crippen LogP contribution in [0, 0.1) is 0 Å². The maximum absolute atomic E-state index is 6.12. The molecule has 1 aromatic carbocycles. The molecule has 1 aliphatic rings. The zero-order valence-electron chi connectivity index (χ0n) is 11.8. The monoisotopic (exact) mass is 305 g/mol. The summed E-state index contributed by atoms with van der Waals surface area (Å²) in [6, 6.07) is 5.47. The number of hydrogen-bond donors (Lipinski definition) is 1. The lowest BCUT2D eigenvalue weighted by Crippen LogP contribution is -2.40. The Labute approximate surface area is 127 Å². The van der Waals surface area contributed by atoms with Crippen LogP contribution in [0.1, 0.15) is 0 Å². The van der Waals surface area contributed by atoms with Crippen molar-refractivity contribution in [3.63, 3.8) is 0 Å². The van der Waals surface area contributed by atoms with Crippen LogP contribution in [0.3, 0.4) is 0 Å². The molecule has 0 radical (unpaired) electrons. The van der Waals surface area contributed by atoms with Crippen LogP contribution in [0.4, 0.5) is 5.69 Å². The van der Waals surface area contributed by atoms with Crippen LogP contribution in [0.25, 0.3) is 11.3 Å². The number of nitrogens with two attached hydrogens (primary N) is 1. The largest absolute Gasteiger partial charge is 0.496 e. The highest BCUT2D eigenvalue weighted by atomic mass is 35.5. The summed E-state index contributed by atoms with van der Waals surface area (Å²) in [4.78, 5) is 0. The van der Waals surface area contributed by atoms with Gasteiger partial charge in [0.2, 0.25) is 0 Å². The van der Waals surface area contributed by atoms with E-state index in [1.165, 1.54) is 5.12 Å². The van der Waals surface area contributed by atoms with Gasteiger partial charge in [0.1, 0.15) is 17.1 Å². The predicted molar refractivity (Wildman–Crippen MR) is 82.7 cm³/mol. The zero-order valence-corrected chi connectivity index (χ0v) is 12.6. The van der Waals surface area contributed by atoms with Gasteiger partial charge in [-0.2, -0.15) is 5.10 Å². The molecule has 0 bridgehead atoms. The Morgan fingerprint density at radius 1 is 1.38 bits per heavy atom. The summed E-state index contributed by atoms with van der Waals surface area (Å²) >= 11 is 6.12. The fourth-order valence-corrected chi connectivity index (χ4v) is 2.55. The minimum Gasteiger partial charge on any atom is -0.496 e. The summed E-state index contributed by atoms with van der Waals surface area (Å²) in [5.41, 5.74) is 2.50. The van der Waals surface area contributed by atoms with E-state index in [1.807, 2.05) is 42.7 Å². The first-order valence-corrected chi connectivity index (χ1v) is 6.83. The summed E-state index contributed by atoms with van der Waals surface area (Å²) in [5.74, 6) is 6.66. The van der Waals surface area contributed by atoms with E-state index in [-0.39, 0.29) is 0 Å². The van der Waals surface area contributed by atoms with E-state index in [0.717, 1.165) is 22.7 Å². The number of hydrazine groups is 2. The zero-order chi connectivity index (χ0) is 15.0. The van der Waals surface area contributed by atoms with Crippen LogP contribution >= 0.6 is 11.6 Å². The van der Waals surface area contributed by atoms with Gasteiger partial charge in [0.25, 0.3) is 0 Å². The highest BCUT2D eigenvalue weighted by Crippen LogP contribution is 2.37. The second-order valence-electron chi connectivity index (χ2n) is 4.73. The Kier molecular flexibility index (Phi) is 3.48. The smallest absolute Gasteiger partial charge is 0.128 e. The van der Waals surface area contributed by atoms with Crippen molar-refractivity contribution in [1.29, 1.82) is 0 Å². The van der Waals surface area contributed by atoms with Crippen molar-refractivity contribution in [3.05, 3.63) is 41.7 Å². The lowest BCUT2D eigenvalue weighted by atomic mass is 10.1. The first kappa shape index (κ1) is 13.8. The van der Waals surface area contributed by atoms with Crippen LogP contribution in [0.15, 0.2) is 36.7 Å². The van der Waals surface area contributed by atoms with Crippen molar-refractivity contribution in [3.8, 4) is 17.0 Å². The van der Waals surface area contributed by atoms with Gasteiger partial charge in [-0.1, -0.05) is 11.6 Å². The maximum atomic E-state index is 6.12. The number of aryl methyl sites for hydroxylation is 1. The first-order chi connectivity index (χ1) is 10.1. The van der Waals surface area contributed by atoms with Crippen molar-refractivity contribution < 1.29 is 4.74 Å². The van der Waals surface area contributed by atoms with Crippen LogP contribution < -0.4 is 15.6 Å². The molecule has 2 heterocycles. The molecule has 7 heteroatoms. The van der Waals surface area contributed by atoms with Crippen molar-refractivity contribution in [2.24, 2.45) is 12.9 Å². The van der Waals surface area contributed by atoms with E-state index in [2.05, 4.69) is 5.10 Å². The van der Waals surface area contributed by atoms with Crippen molar-refractivity contribution in [1.82, 2.24) is 14.9 Å². The van der Waals surface area contributed by atoms with Crippen molar-refractivity contribution in [2.45, 2.75) is 0 Å². The lowest BCUT2D eigenvalue weighted by molar-refractivity contribution is 0.393. The third-order valence-electron chi connectivity index (χ3n) is 3.32. The number of halogens is 1. The van der Waals surface area contributed by atoms with E-state index < -0.39 is 0 Å². The third kappa shape index (κ3) is 2.43. The van der Waals surface area contributed by atoms with Gasteiger partial charge in [-0.3, -0.25) is 9.69 Å². The van der Waals surface area contributed by atoms with Gasteiger partial charge in [-0.05, 0) is 24.3 Å². The molecule has 3 rings (SSSR count). The van der Waals surface area contributed by atoms with Crippen molar-refractivity contribution >= 4 is 17.3 Å². The predicted octanol–water partition coefficient (Wildman–Crippen LogP) is 2.17. The molecule has 0 amide bonds. The number of methoxy groups -OCH3 is 1. The van der Waals surface area contributed by atoms with Gasteiger partial charge in [0, 0.05) is 23.8 Å². The van der Waals surface area contributed by atoms with E-state index in [1.54, 1.807) is 17.9 Å². The van der Waals surface area contributed by atoms with Crippen LogP contribution in [-0.2, 0) is 7.05 Å². The molecule has 21 heavy (non-hydrogen) atoms. The SMILES string of the molecule is COc1ccc(Cl)cc1-c1nn(C)cc1N1CC=CN1N. The average Bonchev–Trinajstić information content (AvgIpc) is 3.04. The van der Waals surface area contributed by atoms with Gasteiger partial charge >= 0.3 is 0 Å². The number of rotatable bonds is 3. The van der Waals surface area contributed by atoms with Crippen LogP contribution in [-0.4, -0.2) is 28.6 Å². The summed E-state index contributed by atoms with van der Waals surface area (Å²) in [7, 11) is 3.50. The second-order valence-corrected chi connectivity index (χ2v) is 5.16. The van der Waals surface area contributed by atoms with Gasteiger partial charge in [-0.15, -0.1) is 0 Å². The van der Waals surface area contributed by atoms with Crippen LogP contribution in [0.5, 0.6) is 5.75 Å². The Balaban J connectivity index is 2.13. The molecule has 110 valence electrons. The van der Waals surface area contributed by atoms with Gasteiger partial charge in [-0.25, -0.2) is 11.0 Å². The first-order valence-electron chi connectivity index (χ1n) is 6.45. The minimum atomic E-state index is 0.631. The van der Waals surface area contributed by atoms with Gasteiger partial charge in [0.05, 0.1) is 19.9 Å². The molecule has 0 unspecified atom stereocenters. The molecule has 1 aliphatic heterocycles. The highest BCUT2D eigenvalue weighted by molar-refractivity contribution is 6.31.